The monoisotopic (exact) mass is 339 g/mol. The summed E-state index contributed by atoms with van der Waals surface area (Å²) < 4.78 is 22.8. The van der Waals surface area contributed by atoms with Crippen molar-refractivity contribution < 1.29 is 13.2 Å². The Kier molecular flexibility index (Phi) is 5.15. The molecule has 8 heteroatoms. The molecule has 0 atom stereocenters. The standard InChI is InChI=1S/C14H17N3O3S2/c1-3-8-15-13(18)12-9-21-14(17-12)16-10-4-6-11(7-5-10)22(2,19)20/h4-7,9H,3,8H2,1-2H3,(H,15,18)(H,16,17). The van der Waals surface area contributed by atoms with Crippen molar-refractivity contribution in [1.29, 1.82) is 0 Å². The van der Waals surface area contributed by atoms with Crippen molar-refractivity contribution in [2.45, 2.75) is 18.2 Å². The summed E-state index contributed by atoms with van der Waals surface area (Å²) in [6, 6.07) is 6.38. The zero-order chi connectivity index (χ0) is 16.2. The van der Waals surface area contributed by atoms with E-state index in [4.69, 9.17) is 0 Å². The number of amides is 1. The fraction of sp³-hybridized carbons (Fsp3) is 0.286. The number of nitrogens with zero attached hydrogens (tertiary/aromatic N) is 1. The van der Waals surface area contributed by atoms with Gasteiger partial charge in [0, 0.05) is 23.9 Å². The number of sulfone groups is 1. The number of thiazole rings is 1. The summed E-state index contributed by atoms with van der Waals surface area (Å²) in [5, 5.41) is 8.06. The van der Waals surface area contributed by atoms with E-state index in [-0.39, 0.29) is 10.8 Å². The smallest absolute Gasteiger partial charge is 0.270 e. The first-order valence-corrected chi connectivity index (χ1v) is 9.48. The Morgan fingerprint density at radius 3 is 2.55 bits per heavy atom. The Morgan fingerprint density at radius 1 is 1.27 bits per heavy atom. The topological polar surface area (TPSA) is 88.2 Å². The van der Waals surface area contributed by atoms with Crippen LogP contribution in [0.3, 0.4) is 0 Å². The largest absolute Gasteiger partial charge is 0.351 e. The van der Waals surface area contributed by atoms with Crippen molar-refractivity contribution >= 4 is 37.9 Å². The van der Waals surface area contributed by atoms with Crippen LogP contribution in [0.5, 0.6) is 0 Å². The maximum absolute atomic E-state index is 11.8. The number of aromatic nitrogens is 1. The van der Waals surface area contributed by atoms with Crippen LogP contribution in [0.1, 0.15) is 23.8 Å². The van der Waals surface area contributed by atoms with E-state index in [1.54, 1.807) is 17.5 Å². The van der Waals surface area contributed by atoms with Crippen molar-refractivity contribution in [3.63, 3.8) is 0 Å². The van der Waals surface area contributed by atoms with E-state index >= 15 is 0 Å². The van der Waals surface area contributed by atoms with Gasteiger partial charge in [-0.05, 0) is 30.7 Å². The first-order valence-electron chi connectivity index (χ1n) is 6.71. The number of carbonyl (C=O) groups is 1. The molecule has 0 saturated heterocycles. The lowest BCUT2D eigenvalue weighted by atomic mass is 10.3. The van der Waals surface area contributed by atoms with Gasteiger partial charge in [0.05, 0.1) is 4.90 Å². The van der Waals surface area contributed by atoms with Crippen LogP contribution in [-0.4, -0.2) is 32.1 Å². The molecule has 0 spiro atoms. The average Bonchev–Trinajstić information content (AvgIpc) is 2.93. The molecular weight excluding hydrogens is 322 g/mol. The molecule has 2 N–H and O–H groups in total. The van der Waals surface area contributed by atoms with Gasteiger partial charge in [0.15, 0.2) is 15.0 Å². The molecule has 0 aliphatic heterocycles. The Labute approximate surface area is 133 Å². The third kappa shape index (κ3) is 4.28. The van der Waals surface area contributed by atoms with Gasteiger partial charge in [-0.1, -0.05) is 6.92 Å². The van der Waals surface area contributed by atoms with E-state index in [1.165, 1.54) is 23.5 Å². The molecule has 0 radical (unpaired) electrons. The van der Waals surface area contributed by atoms with Gasteiger partial charge in [-0.2, -0.15) is 0 Å². The minimum absolute atomic E-state index is 0.196. The van der Waals surface area contributed by atoms with Gasteiger partial charge in [-0.25, -0.2) is 13.4 Å². The highest BCUT2D eigenvalue weighted by atomic mass is 32.2. The Balaban J connectivity index is 2.05. The van der Waals surface area contributed by atoms with Crippen molar-refractivity contribution in [2.75, 3.05) is 18.1 Å². The highest BCUT2D eigenvalue weighted by Crippen LogP contribution is 2.22. The van der Waals surface area contributed by atoms with E-state index < -0.39 is 9.84 Å². The van der Waals surface area contributed by atoms with Crippen LogP contribution in [0.2, 0.25) is 0 Å². The molecule has 2 aromatic rings. The highest BCUT2D eigenvalue weighted by Gasteiger charge is 2.10. The van der Waals surface area contributed by atoms with Gasteiger partial charge >= 0.3 is 0 Å². The molecule has 0 unspecified atom stereocenters. The maximum Gasteiger partial charge on any atom is 0.270 e. The van der Waals surface area contributed by atoms with Crippen LogP contribution in [0, 0.1) is 0 Å². The first-order chi connectivity index (χ1) is 10.4. The molecule has 2 rings (SSSR count). The van der Waals surface area contributed by atoms with Crippen LogP contribution in [0.4, 0.5) is 10.8 Å². The Bertz CT molecular complexity index is 752. The van der Waals surface area contributed by atoms with E-state index in [0.29, 0.717) is 23.1 Å². The first kappa shape index (κ1) is 16.4. The zero-order valence-electron chi connectivity index (χ0n) is 12.3. The summed E-state index contributed by atoms with van der Waals surface area (Å²) in [6.45, 7) is 2.60. The van der Waals surface area contributed by atoms with E-state index in [0.717, 1.165) is 12.7 Å². The van der Waals surface area contributed by atoms with Gasteiger partial charge in [0.25, 0.3) is 5.91 Å². The van der Waals surface area contributed by atoms with Gasteiger partial charge in [0.1, 0.15) is 5.69 Å². The van der Waals surface area contributed by atoms with E-state index in [9.17, 15) is 13.2 Å². The van der Waals surface area contributed by atoms with Crippen LogP contribution in [-0.2, 0) is 9.84 Å². The van der Waals surface area contributed by atoms with Crippen LogP contribution in [0.15, 0.2) is 34.5 Å². The van der Waals surface area contributed by atoms with Crippen molar-refractivity contribution in [3.05, 3.63) is 35.3 Å². The average molecular weight is 339 g/mol. The fourth-order valence-electron chi connectivity index (χ4n) is 1.67. The summed E-state index contributed by atoms with van der Waals surface area (Å²) in [5.41, 5.74) is 1.08. The zero-order valence-corrected chi connectivity index (χ0v) is 13.9. The normalized spacial score (nSPS) is 11.2. The number of hydrogen-bond donors (Lipinski definition) is 2. The molecule has 22 heavy (non-hydrogen) atoms. The molecule has 0 bridgehead atoms. The SMILES string of the molecule is CCCNC(=O)c1csc(Nc2ccc(S(C)(=O)=O)cc2)n1. The molecule has 6 nitrogen and oxygen atoms in total. The molecule has 1 aromatic heterocycles. The number of carbonyl (C=O) groups excluding carboxylic acids is 1. The van der Waals surface area contributed by atoms with Crippen LogP contribution in [0.25, 0.3) is 0 Å². The lowest BCUT2D eigenvalue weighted by Crippen LogP contribution is -2.24. The van der Waals surface area contributed by atoms with Crippen LogP contribution >= 0.6 is 11.3 Å². The van der Waals surface area contributed by atoms with Crippen molar-refractivity contribution in [3.8, 4) is 0 Å². The van der Waals surface area contributed by atoms with E-state index in [2.05, 4.69) is 15.6 Å². The number of anilines is 2. The molecule has 118 valence electrons. The third-order valence-electron chi connectivity index (χ3n) is 2.81. The van der Waals surface area contributed by atoms with Crippen LogP contribution < -0.4 is 10.6 Å². The molecule has 0 saturated carbocycles. The minimum atomic E-state index is -3.20. The summed E-state index contributed by atoms with van der Waals surface area (Å²) in [5.74, 6) is -0.196. The van der Waals surface area contributed by atoms with E-state index in [1.807, 2.05) is 6.92 Å². The lowest BCUT2D eigenvalue weighted by molar-refractivity contribution is 0.0949. The molecule has 1 amide bonds. The second kappa shape index (κ2) is 6.89. The van der Waals surface area contributed by atoms with Crippen molar-refractivity contribution in [1.82, 2.24) is 10.3 Å². The number of benzene rings is 1. The number of nitrogens with one attached hydrogen (secondary N) is 2. The van der Waals surface area contributed by atoms with Gasteiger partial charge in [0.2, 0.25) is 0 Å². The molecule has 1 heterocycles. The van der Waals surface area contributed by atoms with Gasteiger partial charge < -0.3 is 10.6 Å². The Morgan fingerprint density at radius 2 is 1.95 bits per heavy atom. The molecule has 0 aliphatic rings. The quantitative estimate of drug-likeness (QED) is 0.844. The third-order valence-corrected chi connectivity index (χ3v) is 4.69. The summed E-state index contributed by atoms with van der Waals surface area (Å²) in [4.78, 5) is 16.2. The molecule has 1 aromatic carbocycles. The molecule has 0 fully saturated rings. The molecular formula is C14H17N3O3S2. The maximum atomic E-state index is 11.8. The summed E-state index contributed by atoms with van der Waals surface area (Å²) >= 11 is 1.31. The van der Waals surface area contributed by atoms with Gasteiger partial charge in [-0.3, -0.25) is 4.79 Å². The Hall–Kier alpha value is -1.93. The highest BCUT2D eigenvalue weighted by molar-refractivity contribution is 7.90. The number of hydrogen-bond acceptors (Lipinski definition) is 6. The fourth-order valence-corrected chi connectivity index (χ4v) is 3.01. The lowest BCUT2D eigenvalue weighted by Gasteiger charge is -2.04. The summed E-state index contributed by atoms with van der Waals surface area (Å²) in [7, 11) is -3.20. The predicted molar refractivity (Wildman–Crippen MR) is 87.6 cm³/mol. The second-order valence-electron chi connectivity index (χ2n) is 4.72. The predicted octanol–water partition coefficient (Wildman–Crippen LogP) is 2.43. The number of rotatable bonds is 6. The minimum Gasteiger partial charge on any atom is -0.351 e. The van der Waals surface area contributed by atoms with Crippen molar-refractivity contribution in [2.24, 2.45) is 0 Å². The molecule has 0 aliphatic carbocycles. The summed E-state index contributed by atoms with van der Waals surface area (Å²) in [6.07, 6.45) is 2.03. The second-order valence-corrected chi connectivity index (χ2v) is 7.59. The van der Waals surface area contributed by atoms with Gasteiger partial charge in [-0.15, -0.1) is 11.3 Å².